The van der Waals surface area contributed by atoms with E-state index >= 15 is 0 Å². The molecule has 116 valence electrons. The Morgan fingerprint density at radius 1 is 1.00 bits per heavy atom. The monoisotopic (exact) mass is 426 g/mol. The first-order chi connectivity index (χ1) is 9.30. The van der Waals surface area contributed by atoms with Crippen LogP contribution in [0, 0.1) is 0 Å². The van der Waals surface area contributed by atoms with Gasteiger partial charge in [-0.3, -0.25) is 0 Å². The third kappa shape index (κ3) is 5.17. The Balaban J connectivity index is 3.20. The van der Waals surface area contributed by atoms with Gasteiger partial charge in [0.1, 0.15) is 0 Å². The molecule has 0 aromatic rings. The molecule has 0 spiro atoms. The van der Waals surface area contributed by atoms with Crippen molar-refractivity contribution in [2.45, 2.75) is 66.3 Å². The van der Waals surface area contributed by atoms with Crippen LogP contribution in [-0.2, 0) is 30.0 Å². The normalized spacial score (nSPS) is 16.9. The van der Waals surface area contributed by atoms with Gasteiger partial charge in [-0.25, -0.2) is 0 Å². The van der Waals surface area contributed by atoms with Crippen molar-refractivity contribution in [2.75, 3.05) is 0 Å². The van der Waals surface area contributed by atoms with Crippen molar-refractivity contribution in [1.82, 2.24) is 0 Å². The Hall–Kier alpha value is 0.716. The van der Waals surface area contributed by atoms with Gasteiger partial charge >= 0.3 is 136 Å². The van der Waals surface area contributed by atoms with Crippen LogP contribution in [0.5, 0.6) is 0 Å². The molecule has 0 saturated carbocycles. The summed E-state index contributed by atoms with van der Waals surface area (Å²) in [6.45, 7) is 11.9. The van der Waals surface area contributed by atoms with Crippen molar-refractivity contribution in [3.05, 3.63) is 19.8 Å². The fourth-order valence-corrected chi connectivity index (χ4v) is 15.1. The Labute approximate surface area is 135 Å². The Morgan fingerprint density at radius 3 is 1.80 bits per heavy atom. The second-order valence-corrected chi connectivity index (χ2v) is 13.9. The van der Waals surface area contributed by atoms with E-state index in [9.17, 15) is 3.50 Å². The van der Waals surface area contributed by atoms with Crippen LogP contribution in [0.4, 0.5) is 3.50 Å². The first-order valence-corrected chi connectivity index (χ1v) is 14.1. The topological polar surface area (TPSA) is 27.7 Å². The summed E-state index contributed by atoms with van der Waals surface area (Å²) >= 11 is -6.08. The Kier molecular flexibility index (Phi) is 7.86. The number of hydrogen-bond donors (Lipinski definition) is 0. The van der Waals surface area contributed by atoms with E-state index in [-0.39, 0.29) is 18.3 Å². The van der Waals surface area contributed by atoms with Crippen molar-refractivity contribution in [3.63, 3.8) is 0 Å². The minimum atomic E-state index is -3.91. The van der Waals surface area contributed by atoms with Crippen LogP contribution in [0.15, 0.2) is 19.8 Å². The van der Waals surface area contributed by atoms with Crippen LogP contribution < -0.4 is 0 Å². The molecule has 0 unspecified atom stereocenters. The van der Waals surface area contributed by atoms with Gasteiger partial charge in [-0.15, -0.1) is 0 Å². The summed E-state index contributed by atoms with van der Waals surface area (Å²) in [6.07, 6.45) is 4.71. The van der Waals surface area contributed by atoms with Crippen LogP contribution >= 0.6 is 0 Å². The number of rotatable bonds is 8. The first kappa shape index (κ1) is 18.8. The first-order valence-electron chi connectivity index (χ1n) is 7.29. The molecule has 3 nitrogen and oxygen atoms in total. The zero-order chi connectivity index (χ0) is 15.3. The van der Waals surface area contributed by atoms with Crippen molar-refractivity contribution in [3.8, 4) is 0 Å². The van der Waals surface area contributed by atoms with E-state index in [1.165, 1.54) is 0 Å². The molecule has 0 fully saturated rings. The van der Waals surface area contributed by atoms with Crippen LogP contribution in [0.1, 0.15) is 48.0 Å². The van der Waals surface area contributed by atoms with Crippen LogP contribution in [0.2, 0.25) is 0 Å². The molecule has 0 heterocycles. The van der Waals surface area contributed by atoms with Gasteiger partial charge in [0.2, 0.25) is 0 Å². The molecule has 0 radical (unpaired) electrons. The molecule has 0 bridgehead atoms. The van der Waals surface area contributed by atoms with Gasteiger partial charge < -0.3 is 0 Å². The van der Waals surface area contributed by atoms with E-state index < -0.39 is 37.5 Å². The quantitative estimate of drug-likeness (QED) is 0.558. The molecular weight excluding hydrogens is 399 g/mol. The standard InChI is InChI=1S/C5H6FGe.3C3H7O.Zr/c6-7-5-3-1-2-4-5;3*1-3(2)4;/h1,3H,2,7H2;3*3H,1-2H3;/q;3*-1;+3. The molecule has 1 rings (SSSR count). The fourth-order valence-electron chi connectivity index (χ4n) is 2.23. The molecular formula is C14H27FGeO3Zr. The zero-order valence-electron chi connectivity index (χ0n) is 13.4. The van der Waals surface area contributed by atoms with Crippen LogP contribution in [0.3, 0.4) is 0 Å². The molecule has 20 heavy (non-hydrogen) atoms. The molecule has 0 N–H and O–H groups in total. The van der Waals surface area contributed by atoms with E-state index in [1.54, 1.807) is 0 Å². The Morgan fingerprint density at radius 2 is 1.45 bits per heavy atom. The summed E-state index contributed by atoms with van der Waals surface area (Å²) < 4.78 is 34.0. The summed E-state index contributed by atoms with van der Waals surface area (Å²) in [6, 6.07) is 0. The Bertz CT molecular complexity index is 354. The summed E-state index contributed by atoms with van der Waals surface area (Å²) in [7, 11) is 0. The van der Waals surface area contributed by atoms with E-state index in [0.717, 1.165) is 14.1 Å². The molecule has 0 amide bonds. The van der Waals surface area contributed by atoms with Gasteiger partial charge in [-0.1, -0.05) is 0 Å². The van der Waals surface area contributed by atoms with Crippen LogP contribution in [-0.4, -0.2) is 34.2 Å². The minimum absolute atomic E-state index is 0.0183. The average Bonchev–Trinajstić information content (AvgIpc) is 2.73. The van der Waals surface area contributed by atoms with E-state index in [1.807, 2.05) is 53.7 Å². The second kappa shape index (κ2) is 8.38. The van der Waals surface area contributed by atoms with Gasteiger partial charge in [0.25, 0.3) is 0 Å². The second-order valence-electron chi connectivity index (χ2n) is 5.80. The molecule has 6 heteroatoms. The van der Waals surface area contributed by atoms with Crippen molar-refractivity contribution < 1.29 is 33.5 Å². The fraction of sp³-hybridized carbons (Fsp3) is 0.714. The molecule has 0 aromatic heterocycles. The van der Waals surface area contributed by atoms with Crippen molar-refractivity contribution >= 4 is 15.9 Å². The van der Waals surface area contributed by atoms with E-state index in [4.69, 9.17) is 8.44 Å². The van der Waals surface area contributed by atoms with Gasteiger partial charge in [0.05, 0.1) is 0 Å². The number of halogens is 1. The maximum absolute atomic E-state index is 13.4. The predicted octanol–water partition coefficient (Wildman–Crippen LogP) is 3.39. The summed E-state index contributed by atoms with van der Waals surface area (Å²) in [5.41, 5.74) is 0. The summed E-state index contributed by atoms with van der Waals surface area (Å²) in [5, 5.41) is 0. The average molecular weight is 426 g/mol. The molecule has 0 aliphatic heterocycles. The van der Waals surface area contributed by atoms with Crippen LogP contribution in [0.25, 0.3) is 0 Å². The van der Waals surface area contributed by atoms with Gasteiger partial charge in [-0.05, 0) is 0 Å². The molecule has 0 atom stereocenters. The molecule has 0 aromatic carbocycles. The summed E-state index contributed by atoms with van der Waals surface area (Å²) in [4.78, 5) is 0. The third-order valence-corrected chi connectivity index (χ3v) is 15.4. The molecule has 1 aliphatic carbocycles. The summed E-state index contributed by atoms with van der Waals surface area (Å²) in [5.74, 6) is 0. The zero-order valence-corrected chi connectivity index (χ0v) is 18.8. The van der Waals surface area contributed by atoms with Crippen molar-refractivity contribution in [1.29, 1.82) is 0 Å². The molecule has 0 saturated heterocycles. The van der Waals surface area contributed by atoms with Gasteiger partial charge in [-0.2, -0.15) is 0 Å². The van der Waals surface area contributed by atoms with Crippen molar-refractivity contribution in [2.24, 2.45) is 0 Å². The third-order valence-electron chi connectivity index (χ3n) is 2.71. The maximum atomic E-state index is 13.4. The number of allylic oxidation sites excluding steroid dienone is 4. The van der Waals surface area contributed by atoms with E-state index in [2.05, 4.69) is 0 Å². The van der Waals surface area contributed by atoms with Gasteiger partial charge in [0, 0.05) is 0 Å². The molecule has 1 aliphatic rings. The van der Waals surface area contributed by atoms with E-state index in [0.29, 0.717) is 0 Å². The van der Waals surface area contributed by atoms with Gasteiger partial charge in [0.15, 0.2) is 0 Å². The SMILES string of the molecule is CC(C)[O][Zr]([O]C(C)C)([O]C(C)C)[C]1=[C]([GeH2][F])C=CC1. The predicted molar refractivity (Wildman–Crippen MR) is 79.1 cm³/mol. The number of hydrogen-bond acceptors (Lipinski definition) is 3.